The normalized spacial score (nSPS) is 16.8. The number of benzene rings is 1. The van der Waals surface area contributed by atoms with Crippen molar-refractivity contribution >= 4 is 21.7 Å². The van der Waals surface area contributed by atoms with Crippen molar-refractivity contribution < 1.29 is 32.4 Å². The van der Waals surface area contributed by atoms with E-state index < -0.39 is 39.6 Å². The van der Waals surface area contributed by atoms with Gasteiger partial charge in [-0.15, -0.1) is 0 Å². The molecule has 3 atom stereocenters. The Morgan fingerprint density at radius 3 is 2.43 bits per heavy atom. The third-order valence-corrected chi connectivity index (χ3v) is 8.16. The van der Waals surface area contributed by atoms with E-state index in [9.17, 15) is 23.1 Å². The molecule has 3 rings (SSSR count). The maximum atomic E-state index is 13.3. The molecule has 2 heterocycles. The van der Waals surface area contributed by atoms with E-state index in [4.69, 9.17) is 9.26 Å². The molecule has 0 saturated carbocycles. The number of rotatable bonds is 12. The number of ether oxygens (including phenoxy) is 1. The van der Waals surface area contributed by atoms with Crippen LogP contribution in [0.2, 0.25) is 0 Å². The van der Waals surface area contributed by atoms with Crippen LogP contribution in [-0.2, 0) is 24.2 Å². The molecule has 0 bridgehead atoms. The van der Waals surface area contributed by atoms with E-state index in [0.717, 1.165) is 0 Å². The van der Waals surface area contributed by atoms with Gasteiger partial charge in [-0.2, -0.15) is 4.98 Å². The number of aliphatic hydroxyl groups excluding tert-OH is 1. The predicted molar refractivity (Wildman–Crippen MR) is 136 cm³/mol. The van der Waals surface area contributed by atoms with E-state index in [-0.39, 0.29) is 29.9 Å². The van der Waals surface area contributed by atoms with Gasteiger partial charge in [-0.05, 0) is 12.3 Å². The fourth-order valence-electron chi connectivity index (χ4n) is 4.20. The molecule has 1 aromatic heterocycles. The number of carbonyl (C=O) groups excluding carboxylic acids is 2. The molecule has 1 fully saturated rings. The van der Waals surface area contributed by atoms with E-state index in [0.29, 0.717) is 44.1 Å². The SMILES string of the molecule is CCC(NC(=O)C(CC(=O)N1CCOCC1)CS(=O)(=O)CC(C)C)C(O)c1nc(-c2ccccc2)no1. The molecule has 37 heavy (non-hydrogen) atoms. The molecule has 204 valence electrons. The molecule has 0 aliphatic carbocycles. The molecule has 3 unspecified atom stereocenters. The Morgan fingerprint density at radius 2 is 1.81 bits per heavy atom. The van der Waals surface area contributed by atoms with Gasteiger partial charge in [-0.1, -0.05) is 56.3 Å². The second-order valence-electron chi connectivity index (χ2n) is 9.66. The lowest BCUT2D eigenvalue weighted by atomic mass is 10.0. The van der Waals surface area contributed by atoms with Gasteiger partial charge >= 0.3 is 0 Å². The summed E-state index contributed by atoms with van der Waals surface area (Å²) in [6, 6.07) is 8.27. The number of nitrogens with one attached hydrogen (secondary N) is 1. The number of morpholine rings is 1. The molecule has 0 radical (unpaired) electrons. The Balaban J connectivity index is 1.74. The molecule has 11 nitrogen and oxygen atoms in total. The van der Waals surface area contributed by atoms with Crippen LogP contribution in [0.1, 0.15) is 45.6 Å². The molecule has 1 aliphatic rings. The standard InChI is InChI=1S/C25H36N4O7S/c1-4-20(22(31)25-27-23(28-36-25)18-8-6-5-7-9-18)26-24(32)19(16-37(33,34)15-17(2)3)14-21(30)29-10-12-35-13-11-29/h5-9,17,19-20,22,31H,4,10-16H2,1-3H3,(H,26,32). The van der Waals surface area contributed by atoms with Crippen LogP contribution in [0.15, 0.2) is 34.9 Å². The van der Waals surface area contributed by atoms with Crippen LogP contribution in [0, 0.1) is 11.8 Å². The first-order valence-electron chi connectivity index (χ1n) is 12.5. The number of sulfone groups is 1. The largest absolute Gasteiger partial charge is 0.381 e. The van der Waals surface area contributed by atoms with Gasteiger partial charge in [-0.3, -0.25) is 9.59 Å². The summed E-state index contributed by atoms with van der Waals surface area (Å²) < 4.78 is 36.0. The Morgan fingerprint density at radius 1 is 1.14 bits per heavy atom. The van der Waals surface area contributed by atoms with Crippen molar-refractivity contribution in [2.45, 2.75) is 45.8 Å². The predicted octanol–water partition coefficient (Wildman–Crippen LogP) is 1.60. The van der Waals surface area contributed by atoms with Gasteiger partial charge in [0.05, 0.1) is 36.7 Å². The Hall–Kier alpha value is -2.83. The van der Waals surface area contributed by atoms with Crippen LogP contribution < -0.4 is 5.32 Å². The molecule has 1 aliphatic heterocycles. The van der Waals surface area contributed by atoms with E-state index in [2.05, 4.69) is 15.5 Å². The number of nitrogens with zero attached hydrogens (tertiary/aromatic N) is 3. The third kappa shape index (κ3) is 8.34. The van der Waals surface area contributed by atoms with E-state index in [1.807, 2.05) is 18.2 Å². The topological polar surface area (TPSA) is 152 Å². The number of hydrogen-bond donors (Lipinski definition) is 2. The van der Waals surface area contributed by atoms with Crippen molar-refractivity contribution in [1.29, 1.82) is 0 Å². The highest BCUT2D eigenvalue weighted by Gasteiger charge is 2.34. The minimum Gasteiger partial charge on any atom is -0.381 e. The summed E-state index contributed by atoms with van der Waals surface area (Å²) in [4.78, 5) is 32.0. The Bertz CT molecular complexity index is 1130. The second-order valence-corrected chi connectivity index (χ2v) is 11.8. The third-order valence-electron chi connectivity index (χ3n) is 6.07. The molecule has 12 heteroatoms. The maximum Gasteiger partial charge on any atom is 0.257 e. The summed E-state index contributed by atoms with van der Waals surface area (Å²) in [7, 11) is -3.60. The van der Waals surface area contributed by atoms with Crippen molar-refractivity contribution in [2.75, 3.05) is 37.8 Å². The van der Waals surface area contributed by atoms with E-state index in [1.54, 1.807) is 37.8 Å². The summed E-state index contributed by atoms with van der Waals surface area (Å²) in [6.45, 7) is 6.89. The Kier molecular flexibility index (Phi) is 10.2. The zero-order valence-corrected chi connectivity index (χ0v) is 22.3. The lowest BCUT2D eigenvalue weighted by Crippen LogP contribution is -2.47. The number of aliphatic hydroxyl groups is 1. The van der Waals surface area contributed by atoms with Gasteiger partial charge in [0, 0.05) is 25.1 Å². The number of aromatic nitrogens is 2. The van der Waals surface area contributed by atoms with Crippen LogP contribution >= 0.6 is 0 Å². The van der Waals surface area contributed by atoms with Crippen LogP contribution in [0.25, 0.3) is 11.4 Å². The van der Waals surface area contributed by atoms with Crippen LogP contribution in [-0.4, -0.2) is 84.2 Å². The number of amides is 2. The molecule has 2 N–H and O–H groups in total. The molecule has 1 aromatic carbocycles. The fourth-order valence-corrected chi connectivity index (χ4v) is 6.23. The zero-order chi connectivity index (χ0) is 27.0. The first-order valence-corrected chi connectivity index (χ1v) is 14.3. The average Bonchev–Trinajstić information content (AvgIpc) is 3.37. The highest BCUT2D eigenvalue weighted by molar-refractivity contribution is 7.91. The number of hydrogen-bond acceptors (Lipinski definition) is 9. The molecule has 2 amide bonds. The number of carbonyl (C=O) groups is 2. The van der Waals surface area contributed by atoms with Crippen molar-refractivity contribution in [1.82, 2.24) is 20.4 Å². The van der Waals surface area contributed by atoms with Crippen molar-refractivity contribution in [3.05, 3.63) is 36.2 Å². The minimum absolute atomic E-state index is 0.0700. The smallest absolute Gasteiger partial charge is 0.257 e. The van der Waals surface area contributed by atoms with E-state index in [1.165, 1.54) is 0 Å². The summed E-state index contributed by atoms with van der Waals surface area (Å²) in [6.07, 6.45) is -1.27. The monoisotopic (exact) mass is 536 g/mol. The summed E-state index contributed by atoms with van der Waals surface area (Å²) in [5.41, 5.74) is 0.707. The molecular formula is C25H36N4O7S. The van der Waals surface area contributed by atoms with Gasteiger partial charge in [0.2, 0.25) is 17.6 Å². The minimum atomic E-state index is -3.60. The van der Waals surface area contributed by atoms with Crippen molar-refractivity contribution in [3.63, 3.8) is 0 Å². The molecule has 2 aromatic rings. The van der Waals surface area contributed by atoms with Gasteiger partial charge in [0.25, 0.3) is 5.89 Å². The first kappa shape index (κ1) is 28.7. The van der Waals surface area contributed by atoms with Gasteiger partial charge in [0.1, 0.15) is 0 Å². The lowest BCUT2D eigenvalue weighted by Gasteiger charge is -2.29. The average molecular weight is 537 g/mol. The summed E-state index contributed by atoms with van der Waals surface area (Å²) in [5.74, 6) is -2.48. The summed E-state index contributed by atoms with van der Waals surface area (Å²) in [5, 5.41) is 17.5. The highest BCUT2D eigenvalue weighted by Crippen LogP contribution is 2.23. The quantitative estimate of drug-likeness (QED) is 0.412. The highest BCUT2D eigenvalue weighted by atomic mass is 32.2. The maximum absolute atomic E-state index is 13.3. The first-order chi connectivity index (χ1) is 17.6. The van der Waals surface area contributed by atoms with Crippen LogP contribution in [0.4, 0.5) is 0 Å². The van der Waals surface area contributed by atoms with Gasteiger partial charge in [-0.25, -0.2) is 8.42 Å². The molecule has 1 saturated heterocycles. The lowest BCUT2D eigenvalue weighted by molar-refractivity contribution is -0.139. The van der Waals surface area contributed by atoms with Crippen molar-refractivity contribution in [3.8, 4) is 11.4 Å². The summed E-state index contributed by atoms with van der Waals surface area (Å²) >= 11 is 0. The van der Waals surface area contributed by atoms with Crippen molar-refractivity contribution in [2.24, 2.45) is 11.8 Å². The molecule has 0 spiro atoms. The van der Waals surface area contributed by atoms with E-state index >= 15 is 0 Å². The van der Waals surface area contributed by atoms with Crippen LogP contribution in [0.3, 0.4) is 0 Å². The second kappa shape index (κ2) is 13.1. The Labute approximate surface area is 217 Å². The fraction of sp³-hybridized carbons (Fsp3) is 0.600. The zero-order valence-electron chi connectivity index (χ0n) is 21.5. The van der Waals surface area contributed by atoms with Gasteiger partial charge < -0.3 is 24.6 Å². The van der Waals surface area contributed by atoms with Crippen LogP contribution in [0.5, 0.6) is 0 Å². The van der Waals surface area contributed by atoms with Gasteiger partial charge in [0.15, 0.2) is 15.9 Å². The molecular weight excluding hydrogens is 500 g/mol.